The van der Waals surface area contributed by atoms with Crippen LogP contribution in [0.4, 0.5) is 5.69 Å². The van der Waals surface area contributed by atoms with Gasteiger partial charge in [0.2, 0.25) is 5.78 Å². The number of aliphatic hydroxyl groups excluding tert-OH is 2. The number of likely N-dealkylation sites (N-methyl/N-ethyl adjacent to an activating group) is 1. The normalized spacial score (nSPS) is 25.6. The number of hydrogen-bond acceptors (Lipinski definition) is 11. The molecule has 0 radical (unpaired) electrons. The van der Waals surface area contributed by atoms with Crippen LogP contribution < -0.4 is 11.5 Å². The van der Waals surface area contributed by atoms with Crippen molar-refractivity contribution in [2.24, 2.45) is 23.3 Å². The van der Waals surface area contributed by atoms with Crippen LogP contribution in [-0.4, -0.2) is 73.5 Å². The quantitative estimate of drug-likeness (QED) is 0.170. The summed E-state index contributed by atoms with van der Waals surface area (Å²) >= 11 is 0. The molecular weight excluding hydrogens is 536 g/mol. The molecule has 8 N–H and O–H groups in total. The summed E-state index contributed by atoms with van der Waals surface area (Å²) < 4.78 is 0. The second kappa shape index (κ2) is 9.51. The molecule has 13 heteroatoms. The summed E-state index contributed by atoms with van der Waals surface area (Å²) in [4.78, 5) is 51.7. The van der Waals surface area contributed by atoms with Crippen LogP contribution in [0.1, 0.15) is 23.1 Å². The van der Waals surface area contributed by atoms with Crippen LogP contribution in [0.15, 0.2) is 47.2 Å². The highest BCUT2D eigenvalue weighted by Crippen LogP contribution is 2.54. The molecule has 0 unspecified atom stereocenters. The van der Waals surface area contributed by atoms with Crippen LogP contribution >= 0.6 is 0 Å². The van der Waals surface area contributed by atoms with E-state index >= 15 is 0 Å². The van der Waals surface area contributed by atoms with Crippen LogP contribution in [-0.2, 0) is 27.3 Å². The molecule has 1 saturated carbocycles. The summed E-state index contributed by atoms with van der Waals surface area (Å²) in [6, 6.07) is 6.12. The monoisotopic (exact) mass is 564 g/mol. The van der Waals surface area contributed by atoms with E-state index in [1.165, 1.54) is 37.2 Å². The maximum absolute atomic E-state index is 14.0. The van der Waals surface area contributed by atoms with Gasteiger partial charge in [-0.05, 0) is 55.6 Å². The number of Topliss-reactive ketones (excluding diaryl/α,β-unsaturated/α-hetero) is 2. The third-order valence-electron chi connectivity index (χ3n) is 8.39. The van der Waals surface area contributed by atoms with Gasteiger partial charge in [-0.15, -0.1) is 0 Å². The predicted octanol–water partition coefficient (Wildman–Crippen LogP) is 0.998. The van der Waals surface area contributed by atoms with Crippen LogP contribution in [0.25, 0.3) is 16.9 Å². The van der Waals surface area contributed by atoms with E-state index in [1.807, 2.05) is 0 Å². The van der Waals surface area contributed by atoms with E-state index < -0.39 is 68.7 Å². The van der Waals surface area contributed by atoms with Gasteiger partial charge in [-0.2, -0.15) is 0 Å². The topological polar surface area (TPSA) is 231 Å². The van der Waals surface area contributed by atoms with Crippen molar-refractivity contribution in [3.05, 3.63) is 74.0 Å². The van der Waals surface area contributed by atoms with E-state index in [1.54, 1.807) is 12.1 Å². The molecule has 0 spiro atoms. The minimum atomic E-state index is -2.76. The molecule has 41 heavy (non-hydrogen) atoms. The molecule has 13 nitrogen and oxygen atoms in total. The number of hydrogen-bond donors (Lipinski definition) is 6. The van der Waals surface area contributed by atoms with Crippen molar-refractivity contribution in [2.75, 3.05) is 14.1 Å². The SMILES string of the molecule is CN(C)[C@H]1C(=O)C(C(N)=O)=C(O)[C@]2(O)C(=O)C3=C(O)c4c(O)c(CN)cc(-c5cccc([N+](=O)[O-])c5)c4C[C@@H]3C[C@H]12. The Hall–Kier alpha value is -4.59. The third kappa shape index (κ3) is 3.84. The first-order valence-corrected chi connectivity index (χ1v) is 12.7. The summed E-state index contributed by atoms with van der Waals surface area (Å²) in [5.74, 6) is -7.57. The molecule has 1 fully saturated rings. The fourth-order valence-electron chi connectivity index (χ4n) is 6.57. The minimum absolute atomic E-state index is 0.0327. The highest BCUT2D eigenvalue weighted by molar-refractivity contribution is 6.24. The number of benzene rings is 2. The largest absolute Gasteiger partial charge is 0.508 e. The summed E-state index contributed by atoms with van der Waals surface area (Å²) in [6.45, 7) is -0.175. The second-order valence-corrected chi connectivity index (χ2v) is 10.8. The maximum Gasteiger partial charge on any atom is 0.270 e. The van der Waals surface area contributed by atoms with Gasteiger partial charge >= 0.3 is 0 Å². The Morgan fingerprint density at radius 3 is 2.46 bits per heavy atom. The lowest BCUT2D eigenvalue weighted by molar-refractivity contribution is -0.384. The van der Waals surface area contributed by atoms with Crippen molar-refractivity contribution in [2.45, 2.75) is 31.0 Å². The molecule has 0 bridgehead atoms. The molecule has 1 amide bonds. The Kier molecular flexibility index (Phi) is 6.48. The fourth-order valence-corrected chi connectivity index (χ4v) is 6.57. The zero-order valence-electron chi connectivity index (χ0n) is 22.1. The highest BCUT2D eigenvalue weighted by atomic mass is 16.6. The average molecular weight is 565 g/mol. The number of aromatic hydroxyl groups is 1. The zero-order valence-corrected chi connectivity index (χ0v) is 22.1. The number of non-ortho nitro benzene ring substituents is 1. The fraction of sp³-hybridized carbons (Fsp3) is 0.321. The number of carbonyl (C=O) groups is 3. The summed E-state index contributed by atoms with van der Waals surface area (Å²) in [6.07, 6.45) is -0.0511. The second-order valence-electron chi connectivity index (χ2n) is 10.8. The Morgan fingerprint density at radius 1 is 1.20 bits per heavy atom. The molecule has 2 aromatic carbocycles. The van der Waals surface area contributed by atoms with E-state index in [-0.39, 0.29) is 41.8 Å². The van der Waals surface area contributed by atoms with E-state index in [2.05, 4.69) is 0 Å². The number of carbonyl (C=O) groups excluding carboxylic acids is 3. The number of primary amides is 1. The molecular formula is C28H28N4O9. The molecule has 0 aromatic heterocycles. The lowest BCUT2D eigenvalue weighted by Crippen LogP contribution is -2.65. The summed E-state index contributed by atoms with van der Waals surface area (Å²) in [5.41, 5.74) is 8.33. The molecule has 0 heterocycles. The number of nitrogens with zero attached hydrogens (tertiary/aromatic N) is 2. The Labute approximate surface area is 233 Å². The number of nitrogens with two attached hydrogens (primary N) is 2. The van der Waals surface area contributed by atoms with Gasteiger partial charge in [0, 0.05) is 35.7 Å². The van der Waals surface area contributed by atoms with E-state index in [4.69, 9.17) is 11.5 Å². The number of fused-ring (bicyclic) bond motifs is 3. The number of rotatable bonds is 5. The van der Waals surface area contributed by atoms with Crippen LogP contribution in [0.5, 0.6) is 5.75 Å². The predicted molar refractivity (Wildman–Crippen MR) is 144 cm³/mol. The number of ketones is 2. The smallest absolute Gasteiger partial charge is 0.270 e. The molecule has 0 saturated heterocycles. The first-order valence-electron chi connectivity index (χ1n) is 12.7. The number of nitro groups is 1. The molecule has 214 valence electrons. The van der Waals surface area contributed by atoms with Crippen molar-refractivity contribution in [3.63, 3.8) is 0 Å². The Bertz CT molecular complexity index is 1630. The van der Waals surface area contributed by atoms with Crippen LogP contribution in [0, 0.1) is 22.0 Å². The zero-order chi connectivity index (χ0) is 30.1. The number of aliphatic hydroxyl groups is 3. The van der Waals surface area contributed by atoms with Crippen molar-refractivity contribution < 1.29 is 39.7 Å². The number of phenolic OH excluding ortho intramolecular Hbond substituents is 1. The molecule has 3 aliphatic carbocycles. The summed E-state index contributed by atoms with van der Waals surface area (Å²) in [5, 5.41) is 56.7. The van der Waals surface area contributed by atoms with E-state index in [0.29, 0.717) is 16.7 Å². The maximum atomic E-state index is 14.0. The standard InChI is InChI=1S/C28H28N4O9/c1-31(2)21-17-9-12-7-16-15(11-4-3-5-14(6-11)32(40)41)8-13(10-29)22(33)19(16)23(34)18(12)25(36)28(17,39)26(37)20(24(21)35)27(30)38/h3-6,8,12,17,21,33-34,37,39H,7,9-10,29H2,1-2H3,(H2,30,38)/t12-,17-,21-,28-/m1/s1. The van der Waals surface area contributed by atoms with E-state index in [0.717, 1.165) is 0 Å². The molecule has 0 aliphatic heterocycles. The number of phenols is 1. The molecule has 4 atom stereocenters. The van der Waals surface area contributed by atoms with Gasteiger partial charge in [-0.3, -0.25) is 29.4 Å². The minimum Gasteiger partial charge on any atom is -0.508 e. The van der Waals surface area contributed by atoms with Gasteiger partial charge in [0.1, 0.15) is 22.8 Å². The van der Waals surface area contributed by atoms with Crippen molar-refractivity contribution in [1.82, 2.24) is 4.90 Å². The average Bonchev–Trinajstić information content (AvgIpc) is 2.90. The van der Waals surface area contributed by atoms with E-state index in [9.17, 15) is 44.9 Å². The molecule has 5 rings (SSSR count). The third-order valence-corrected chi connectivity index (χ3v) is 8.39. The number of amides is 1. The Morgan fingerprint density at radius 2 is 1.88 bits per heavy atom. The first-order chi connectivity index (χ1) is 19.2. The van der Waals surface area contributed by atoms with Gasteiger partial charge in [-0.25, -0.2) is 0 Å². The van der Waals surface area contributed by atoms with Crippen molar-refractivity contribution in [3.8, 4) is 16.9 Å². The van der Waals surface area contributed by atoms with Crippen molar-refractivity contribution in [1.29, 1.82) is 0 Å². The summed E-state index contributed by atoms with van der Waals surface area (Å²) in [7, 11) is 3.03. The van der Waals surface area contributed by atoms with Gasteiger partial charge in [-0.1, -0.05) is 12.1 Å². The Balaban J connectivity index is 1.78. The molecule has 3 aliphatic rings. The van der Waals surface area contributed by atoms with Gasteiger partial charge in [0.25, 0.3) is 11.6 Å². The first kappa shape index (κ1) is 28.0. The number of nitro benzene ring substituents is 1. The lowest BCUT2D eigenvalue weighted by atomic mass is 9.57. The highest BCUT2D eigenvalue weighted by Gasteiger charge is 2.64. The van der Waals surface area contributed by atoms with Crippen LogP contribution in [0.2, 0.25) is 0 Å². The van der Waals surface area contributed by atoms with Gasteiger partial charge < -0.3 is 31.9 Å². The van der Waals surface area contributed by atoms with Gasteiger partial charge in [0.15, 0.2) is 11.4 Å². The van der Waals surface area contributed by atoms with Crippen molar-refractivity contribution >= 4 is 28.9 Å². The van der Waals surface area contributed by atoms with Gasteiger partial charge in [0.05, 0.1) is 16.5 Å². The molecule has 2 aromatic rings. The lowest BCUT2D eigenvalue weighted by Gasteiger charge is -2.50. The van der Waals surface area contributed by atoms with Crippen LogP contribution in [0.3, 0.4) is 0 Å².